The van der Waals surface area contributed by atoms with E-state index in [4.69, 9.17) is 10.3 Å². The fourth-order valence-corrected chi connectivity index (χ4v) is 4.36. The Morgan fingerprint density at radius 3 is 2.45 bits per heavy atom. The number of fused-ring (bicyclic) bond motifs is 1. The number of primary amides is 1. The van der Waals surface area contributed by atoms with E-state index in [1.807, 2.05) is 0 Å². The molecule has 4 rings (SSSR count). The van der Waals surface area contributed by atoms with Crippen molar-refractivity contribution >= 4 is 29.1 Å². The first kappa shape index (κ1) is 26.6. The standard InChI is InChI=1S/C26H24F3N5O4/c1-14-18(13-38-34-14)20(22(30)35)17(11-12-26(27,28)29)24(36)33-23-25(37)31-19-10-6-5-9-16(19)21(32-23)15-7-3-2-4-8-15/h2-10,13,17,20,23H,11-12H2,1H3,(H2,30,35)(H,31,37)(H,33,36). The minimum atomic E-state index is -4.61. The quantitative estimate of drug-likeness (QED) is 0.412. The van der Waals surface area contributed by atoms with E-state index in [0.717, 1.165) is 6.26 Å². The van der Waals surface area contributed by atoms with E-state index >= 15 is 0 Å². The van der Waals surface area contributed by atoms with Crippen LogP contribution in [-0.4, -0.2) is 40.9 Å². The van der Waals surface area contributed by atoms with Crippen LogP contribution in [0.2, 0.25) is 0 Å². The zero-order valence-electron chi connectivity index (χ0n) is 20.2. The molecule has 0 fully saturated rings. The molecule has 4 N–H and O–H groups in total. The van der Waals surface area contributed by atoms with Gasteiger partial charge in [-0.25, -0.2) is 4.99 Å². The second kappa shape index (κ2) is 10.9. The molecule has 0 bridgehead atoms. The molecule has 0 saturated carbocycles. The Labute approximate surface area is 215 Å². The lowest BCUT2D eigenvalue weighted by atomic mass is 9.82. The minimum Gasteiger partial charge on any atom is -0.369 e. The number of aryl methyl sites for hydroxylation is 1. The van der Waals surface area contributed by atoms with Gasteiger partial charge in [0.1, 0.15) is 6.26 Å². The van der Waals surface area contributed by atoms with E-state index < -0.39 is 54.7 Å². The number of hydrogen-bond acceptors (Lipinski definition) is 6. The number of benzodiazepines with no additional fused rings is 1. The molecule has 198 valence electrons. The number of carbonyl (C=O) groups is 3. The summed E-state index contributed by atoms with van der Waals surface area (Å²) in [7, 11) is 0. The minimum absolute atomic E-state index is 0.0889. The van der Waals surface area contributed by atoms with Crippen molar-refractivity contribution in [2.45, 2.75) is 38.0 Å². The van der Waals surface area contributed by atoms with Gasteiger partial charge in [0.15, 0.2) is 0 Å². The Kier molecular flexibility index (Phi) is 7.60. The molecule has 0 saturated heterocycles. The van der Waals surface area contributed by atoms with Crippen LogP contribution in [0.25, 0.3) is 0 Å². The number of anilines is 1. The van der Waals surface area contributed by atoms with Crippen LogP contribution in [0, 0.1) is 12.8 Å². The van der Waals surface area contributed by atoms with Crippen LogP contribution in [0.4, 0.5) is 18.9 Å². The molecule has 2 heterocycles. The molecule has 12 heteroatoms. The molecule has 0 spiro atoms. The number of nitrogens with zero attached hydrogens (tertiary/aromatic N) is 2. The fourth-order valence-electron chi connectivity index (χ4n) is 4.36. The lowest BCUT2D eigenvalue weighted by molar-refractivity contribution is -0.144. The lowest BCUT2D eigenvalue weighted by Gasteiger charge is -2.25. The number of nitrogens with one attached hydrogen (secondary N) is 2. The number of benzene rings is 2. The number of amides is 3. The van der Waals surface area contributed by atoms with Gasteiger partial charge in [-0.1, -0.05) is 53.7 Å². The second-order valence-corrected chi connectivity index (χ2v) is 8.79. The second-order valence-electron chi connectivity index (χ2n) is 8.79. The third kappa shape index (κ3) is 5.90. The maximum absolute atomic E-state index is 13.5. The Balaban J connectivity index is 1.72. The summed E-state index contributed by atoms with van der Waals surface area (Å²) in [5.41, 5.74) is 7.90. The number of nitrogens with two attached hydrogens (primary N) is 1. The highest BCUT2D eigenvalue weighted by Crippen LogP contribution is 2.34. The van der Waals surface area contributed by atoms with Gasteiger partial charge in [0.05, 0.1) is 28.9 Å². The van der Waals surface area contributed by atoms with E-state index in [1.165, 1.54) is 6.92 Å². The number of para-hydroxylation sites is 1. The highest BCUT2D eigenvalue weighted by Gasteiger charge is 2.40. The molecule has 3 atom stereocenters. The van der Waals surface area contributed by atoms with Crippen LogP contribution in [0.1, 0.15) is 41.1 Å². The topological polar surface area (TPSA) is 140 Å². The Morgan fingerprint density at radius 1 is 1.13 bits per heavy atom. The van der Waals surface area contributed by atoms with Crippen LogP contribution in [0.5, 0.6) is 0 Å². The van der Waals surface area contributed by atoms with Crippen LogP contribution in [0.15, 0.2) is 70.4 Å². The number of carbonyl (C=O) groups excluding carboxylic acids is 3. The van der Waals surface area contributed by atoms with E-state index in [9.17, 15) is 27.6 Å². The first-order valence-corrected chi connectivity index (χ1v) is 11.7. The summed E-state index contributed by atoms with van der Waals surface area (Å²) in [4.78, 5) is 43.4. The molecule has 2 aromatic carbocycles. The van der Waals surface area contributed by atoms with Crippen molar-refractivity contribution in [3.05, 3.63) is 83.2 Å². The Hall–Kier alpha value is -4.48. The van der Waals surface area contributed by atoms with Crippen LogP contribution in [0.3, 0.4) is 0 Å². The molecular formula is C26H24F3N5O4. The molecule has 1 aliphatic heterocycles. The molecule has 38 heavy (non-hydrogen) atoms. The van der Waals surface area contributed by atoms with Crippen molar-refractivity contribution in [1.82, 2.24) is 10.5 Å². The average molecular weight is 528 g/mol. The molecule has 3 amide bonds. The number of hydrogen-bond donors (Lipinski definition) is 3. The number of rotatable bonds is 8. The molecule has 3 aromatic rings. The van der Waals surface area contributed by atoms with Crippen LogP contribution < -0.4 is 16.4 Å². The highest BCUT2D eigenvalue weighted by atomic mass is 19.4. The van der Waals surface area contributed by atoms with Crippen molar-refractivity contribution in [3.8, 4) is 0 Å². The van der Waals surface area contributed by atoms with Gasteiger partial charge in [0.25, 0.3) is 5.91 Å². The summed E-state index contributed by atoms with van der Waals surface area (Å²) in [6.07, 6.45) is -7.17. The Morgan fingerprint density at radius 2 is 1.82 bits per heavy atom. The first-order valence-electron chi connectivity index (χ1n) is 11.7. The highest BCUT2D eigenvalue weighted by molar-refractivity contribution is 6.19. The third-order valence-electron chi connectivity index (χ3n) is 6.18. The summed E-state index contributed by atoms with van der Waals surface area (Å²) in [5, 5.41) is 8.78. The molecular weight excluding hydrogens is 503 g/mol. The smallest absolute Gasteiger partial charge is 0.369 e. The molecule has 0 radical (unpaired) electrons. The molecule has 1 aliphatic rings. The first-order chi connectivity index (χ1) is 18.0. The van der Waals surface area contributed by atoms with E-state index in [2.05, 4.69) is 20.8 Å². The maximum Gasteiger partial charge on any atom is 0.389 e. The Bertz CT molecular complexity index is 1370. The van der Waals surface area contributed by atoms with Crippen molar-refractivity contribution < 1.29 is 32.1 Å². The van der Waals surface area contributed by atoms with Gasteiger partial charge in [0.2, 0.25) is 18.0 Å². The van der Waals surface area contributed by atoms with Gasteiger partial charge >= 0.3 is 6.18 Å². The number of aromatic nitrogens is 1. The summed E-state index contributed by atoms with van der Waals surface area (Å²) in [6.45, 7) is 1.47. The monoisotopic (exact) mass is 527 g/mol. The zero-order chi connectivity index (χ0) is 27.4. The fraction of sp³-hybridized carbons (Fsp3) is 0.269. The number of aliphatic imine (C=N–C) groups is 1. The van der Waals surface area contributed by atoms with Crippen LogP contribution in [-0.2, 0) is 14.4 Å². The largest absolute Gasteiger partial charge is 0.389 e. The molecule has 0 aliphatic carbocycles. The van der Waals surface area contributed by atoms with Crippen molar-refractivity contribution in [3.63, 3.8) is 0 Å². The maximum atomic E-state index is 13.5. The number of halogens is 3. The zero-order valence-corrected chi connectivity index (χ0v) is 20.2. The molecule has 3 unspecified atom stereocenters. The average Bonchev–Trinajstić information content (AvgIpc) is 3.23. The molecule has 1 aromatic heterocycles. The van der Waals surface area contributed by atoms with Gasteiger partial charge < -0.3 is 20.9 Å². The van der Waals surface area contributed by atoms with Crippen LogP contribution >= 0.6 is 0 Å². The van der Waals surface area contributed by atoms with Crippen molar-refractivity contribution in [1.29, 1.82) is 0 Å². The summed E-state index contributed by atoms with van der Waals surface area (Å²) >= 11 is 0. The van der Waals surface area contributed by atoms with Gasteiger partial charge in [0, 0.05) is 23.1 Å². The summed E-state index contributed by atoms with van der Waals surface area (Å²) in [6, 6.07) is 15.8. The SMILES string of the molecule is Cc1nocc1C(C(N)=O)C(CCC(F)(F)F)C(=O)NC1N=C(c2ccccc2)c2ccccc2NC1=O. The van der Waals surface area contributed by atoms with E-state index in [1.54, 1.807) is 54.6 Å². The molecule has 9 nitrogen and oxygen atoms in total. The van der Waals surface area contributed by atoms with Gasteiger partial charge in [-0.05, 0) is 19.4 Å². The normalized spacial score (nSPS) is 16.9. The third-order valence-corrected chi connectivity index (χ3v) is 6.18. The number of alkyl halides is 3. The van der Waals surface area contributed by atoms with Crippen molar-refractivity contribution in [2.75, 3.05) is 5.32 Å². The van der Waals surface area contributed by atoms with E-state index in [-0.39, 0.29) is 11.3 Å². The predicted octanol–water partition coefficient (Wildman–Crippen LogP) is 3.44. The lowest BCUT2D eigenvalue weighted by Crippen LogP contribution is -2.47. The van der Waals surface area contributed by atoms with Gasteiger partial charge in [-0.15, -0.1) is 0 Å². The van der Waals surface area contributed by atoms with Gasteiger partial charge in [-0.3, -0.25) is 14.4 Å². The predicted molar refractivity (Wildman–Crippen MR) is 131 cm³/mol. The van der Waals surface area contributed by atoms with Crippen molar-refractivity contribution in [2.24, 2.45) is 16.6 Å². The van der Waals surface area contributed by atoms with Gasteiger partial charge in [-0.2, -0.15) is 13.2 Å². The summed E-state index contributed by atoms with van der Waals surface area (Å²) in [5.74, 6) is -5.80. The van der Waals surface area contributed by atoms with E-state index in [0.29, 0.717) is 22.5 Å². The summed E-state index contributed by atoms with van der Waals surface area (Å²) < 4.78 is 44.3.